The van der Waals surface area contributed by atoms with Crippen LogP contribution in [0.3, 0.4) is 0 Å². The van der Waals surface area contributed by atoms with Crippen molar-refractivity contribution in [3.8, 4) is 0 Å². The smallest absolute Gasteiger partial charge is 0.255 e. The lowest BCUT2D eigenvalue weighted by Crippen LogP contribution is -2.44. The van der Waals surface area contributed by atoms with E-state index < -0.39 is 10.0 Å². The lowest BCUT2D eigenvalue weighted by Gasteiger charge is -2.35. The Bertz CT molecular complexity index is 1060. The van der Waals surface area contributed by atoms with Crippen LogP contribution in [0.2, 0.25) is 0 Å². The second-order valence-electron chi connectivity index (χ2n) is 8.75. The summed E-state index contributed by atoms with van der Waals surface area (Å²) in [6.45, 7) is 6.20. The lowest BCUT2D eigenvalue weighted by atomic mass is 10.1. The maximum Gasteiger partial charge on any atom is 0.255 e. The van der Waals surface area contributed by atoms with Gasteiger partial charge < -0.3 is 15.1 Å². The first kappa shape index (κ1) is 22.8. The minimum atomic E-state index is -3.63. The van der Waals surface area contributed by atoms with E-state index >= 15 is 0 Å². The average Bonchev–Trinajstić information content (AvgIpc) is 2.80. The highest BCUT2D eigenvalue weighted by atomic mass is 32.2. The third-order valence-electron chi connectivity index (χ3n) is 6.44. The van der Waals surface area contributed by atoms with E-state index in [1.165, 1.54) is 6.07 Å². The maximum atomic E-state index is 13.2. The Kier molecular flexibility index (Phi) is 6.83. The van der Waals surface area contributed by atoms with Crippen molar-refractivity contribution in [2.45, 2.75) is 37.1 Å². The number of nitrogens with one attached hydrogen (secondary N) is 1. The summed E-state index contributed by atoms with van der Waals surface area (Å²) < 4.78 is 28.0. The molecule has 0 saturated carbocycles. The first-order chi connectivity index (χ1) is 15.4. The third kappa shape index (κ3) is 4.82. The summed E-state index contributed by atoms with van der Waals surface area (Å²) in [5, 5.41) is 3.00. The fourth-order valence-corrected chi connectivity index (χ4v) is 6.20. The topological polar surface area (TPSA) is 73.0 Å². The molecule has 0 spiro atoms. The molecule has 0 aromatic heterocycles. The van der Waals surface area contributed by atoms with Crippen LogP contribution >= 0.6 is 0 Å². The van der Waals surface area contributed by atoms with Crippen LogP contribution in [0.1, 0.15) is 36.5 Å². The van der Waals surface area contributed by atoms with Gasteiger partial charge in [0.1, 0.15) is 0 Å². The molecule has 2 aliphatic rings. The number of piperazine rings is 1. The molecule has 0 aliphatic carbocycles. The first-order valence-electron chi connectivity index (χ1n) is 11.3. The molecule has 8 heteroatoms. The summed E-state index contributed by atoms with van der Waals surface area (Å²) in [6.07, 6.45) is 2.78. The van der Waals surface area contributed by atoms with Gasteiger partial charge in [0, 0.05) is 44.3 Å². The molecule has 0 bridgehead atoms. The van der Waals surface area contributed by atoms with E-state index in [-0.39, 0.29) is 16.8 Å². The quantitative estimate of drug-likeness (QED) is 0.748. The van der Waals surface area contributed by atoms with Crippen molar-refractivity contribution in [2.24, 2.45) is 0 Å². The predicted molar refractivity (Wildman–Crippen MR) is 128 cm³/mol. The molecular weight excluding hydrogens is 424 g/mol. The van der Waals surface area contributed by atoms with Crippen molar-refractivity contribution in [2.75, 3.05) is 50.0 Å². The Balaban J connectivity index is 1.54. The number of sulfonamides is 1. The van der Waals surface area contributed by atoms with Gasteiger partial charge in [0.2, 0.25) is 10.0 Å². The number of amides is 1. The number of carbonyl (C=O) groups excluding carboxylic acids is 1. The summed E-state index contributed by atoms with van der Waals surface area (Å²) in [6, 6.07) is 14.1. The van der Waals surface area contributed by atoms with Crippen LogP contribution in [-0.4, -0.2) is 69.3 Å². The zero-order valence-electron chi connectivity index (χ0n) is 18.8. The highest BCUT2D eigenvalue weighted by Gasteiger charge is 2.31. The fourth-order valence-electron chi connectivity index (χ4n) is 4.46. The van der Waals surface area contributed by atoms with E-state index in [0.717, 1.165) is 56.8 Å². The molecule has 2 aromatic carbocycles. The Morgan fingerprint density at radius 1 is 0.969 bits per heavy atom. The molecule has 2 fully saturated rings. The fraction of sp³-hybridized carbons (Fsp3) is 0.458. The number of benzene rings is 2. The standard InChI is InChI=1S/C24H32N4O3S/c1-19-8-5-6-13-28(19)32(30,31)21-10-7-9-20(18-21)24(29)25-22-11-3-4-12-23(22)27-16-14-26(2)15-17-27/h3-4,7,9-12,18-19H,5-6,8,13-17H2,1-2H3,(H,25,29). The van der Waals surface area contributed by atoms with Crippen LogP contribution in [0.5, 0.6) is 0 Å². The van der Waals surface area contributed by atoms with E-state index in [1.54, 1.807) is 22.5 Å². The van der Waals surface area contributed by atoms with Gasteiger partial charge in [-0.1, -0.05) is 24.6 Å². The zero-order chi connectivity index (χ0) is 22.7. The normalized spacial score (nSPS) is 20.8. The van der Waals surface area contributed by atoms with Gasteiger partial charge in [0.15, 0.2) is 0 Å². The van der Waals surface area contributed by atoms with Crippen LogP contribution in [0, 0.1) is 0 Å². The van der Waals surface area contributed by atoms with Crippen molar-refractivity contribution in [3.05, 3.63) is 54.1 Å². The van der Waals surface area contributed by atoms with Gasteiger partial charge in [-0.2, -0.15) is 4.31 Å². The monoisotopic (exact) mass is 456 g/mol. The van der Waals surface area contributed by atoms with E-state index in [1.807, 2.05) is 31.2 Å². The number of hydrogen-bond acceptors (Lipinski definition) is 5. The van der Waals surface area contributed by atoms with Gasteiger partial charge in [0.25, 0.3) is 5.91 Å². The first-order valence-corrected chi connectivity index (χ1v) is 12.8. The number of piperidine rings is 1. The Hall–Kier alpha value is -2.42. The molecule has 2 heterocycles. The van der Waals surface area contributed by atoms with Crippen LogP contribution < -0.4 is 10.2 Å². The largest absolute Gasteiger partial charge is 0.367 e. The van der Waals surface area contributed by atoms with E-state index in [0.29, 0.717) is 12.1 Å². The summed E-state index contributed by atoms with van der Waals surface area (Å²) >= 11 is 0. The molecule has 2 saturated heterocycles. The van der Waals surface area contributed by atoms with Gasteiger partial charge in [-0.05, 0) is 57.1 Å². The molecule has 2 aromatic rings. The number of para-hydroxylation sites is 2. The van der Waals surface area contributed by atoms with Crippen LogP contribution in [0.15, 0.2) is 53.4 Å². The Morgan fingerprint density at radius 3 is 2.47 bits per heavy atom. The minimum Gasteiger partial charge on any atom is -0.367 e. The lowest BCUT2D eigenvalue weighted by molar-refractivity contribution is 0.102. The van der Waals surface area contributed by atoms with Crippen molar-refractivity contribution < 1.29 is 13.2 Å². The zero-order valence-corrected chi connectivity index (χ0v) is 19.6. The number of anilines is 2. The summed E-state index contributed by atoms with van der Waals surface area (Å²) in [5.41, 5.74) is 2.06. The number of rotatable bonds is 5. The van der Waals surface area contributed by atoms with Gasteiger partial charge in [-0.25, -0.2) is 8.42 Å². The van der Waals surface area contributed by atoms with E-state index in [9.17, 15) is 13.2 Å². The Morgan fingerprint density at radius 2 is 1.72 bits per heavy atom. The van der Waals surface area contributed by atoms with Crippen molar-refractivity contribution in [1.29, 1.82) is 0 Å². The molecule has 1 N–H and O–H groups in total. The van der Waals surface area contributed by atoms with Gasteiger partial charge in [-0.3, -0.25) is 4.79 Å². The minimum absolute atomic E-state index is 0.0262. The SMILES string of the molecule is CC1CCCCN1S(=O)(=O)c1cccc(C(=O)Nc2ccccc2N2CCN(C)CC2)c1. The summed E-state index contributed by atoms with van der Waals surface area (Å²) in [7, 11) is -1.52. The van der Waals surface area contributed by atoms with Crippen LogP contribution in [0.25, 0.3) is 0 Å². The molecular formula is C24H32N4O3S. The second kappa shape index (κ2) is 9.60. The van der Waals surface area contributed by atoms with Gasteiger partial charge in [0.05, 0.1) is 16.3 Å². The van der Waals surface area contributed by atoms with Gasteiger partial charge in [-0.15, -0.1) is 0 Å². The van der Waals surface area contributed by atoms with E-state index in [2.05, 4.69) is 22.2 Å². The highest BCUT2D eigenvalue weighted by Crippen LogP contribution is 2.28. The molecule has 1 unspecified atom stereocenters. The molecule has 4 rings (SSSR count). The Labute approximate surface area is 191 Å². The number of likely N-dealkylation sites (N-methyl/N-ethyl adjacent to an activating group) is 1. The maximum absolute atomic E-state index is 13.2. The molecule has 7 nitrogen and oxygen atoms in total. The molecule has 32 heavy (non-hydrogen) atoms. The molecule has 1 atom stereocenters. The summed E-state index contributed by atoms with van der Waals surface area (Å²) in [5.74, 6) is -0.310. The van der Waals surface area contributed by atoms with Crippen LogP contribution in [-0.2, 0) is 10.0 Å². The average molecular weight is 457 g/mol. The molecule has 0 radical (unpaired) electrons. The van der Waals surface area contributed by atoms with Crippen molar-refractivity contribution in [3.63, 3.8) is 0 Å². The number of nitrogens with zero attached hydrogens (tertiary/aromatic N) is 3. The molecule has 2 aliphatic heterocycles. The van der Waals surface area contributed by atoms with Crippen molar-refractivity contribution >= 4 is 27.3 Å². The third-order valence-corrected chi connectivity index (χ3v) is 8.45. The number of hydrogen-bond donors (Lipinski definition) is 1. The summed E-state index contributed by atoms with van der Waals surface area (Å²) in [4.78, 5) is 17.8. The highest BCUT2D eigenvalue weighted by molar-refractivity contribution is 7.89. The molecule has 1 amide bonds. The van der Waals surface area contributed by atoms with Gasteiger partial charge >= 0.3 is 0 Å². The second-order valence-corrected chi connectivity index (χ2v) is 10.6. The van der Waals surface area contributed by atoms with Crippen LogP contribution in [0.4, 0.5) is 11.4 Å². The molecule has 172 valence electrons. The van der Waals surface area contributed by atoms with Crippen molar-refractivity contribution in [1.82, 2.24) is 9.21 Å². The van der Waals surface area contributed by atoms with E-state index in [4.69, 9.17) is 0 Å². The number of carbonyl (C=O) groups is 1. The predicted octanol–water partition coefficient (Wildman–Crippen LogP) is 3.25.